The summed E-state index contributed by atoms with van der Waals surface area (Å²) in [6, 6.07) is 0. The van der Waals surface area contributed by atoms with Crippen molar-refractivity contribution >= 4 is 29.2 Å². The topological polar surface area (TPSA) is 26.3 Å². The van der Waals surface area contributed by atoms with Crippen LogP contribution in [0.1, 0.15) is 6.92 Å². The van der Waals surface area contributed by atoms with Crippen molar-refractivity contribution in [3.8, 4) is 0 Å². The van der Waals surface area contributed by atoms with Gasteiger partial charge >= 0.3 is 5.97 Å². The summed E-state index contributed by atoms with van der Waals surface area (Å²) in [4.78, 5) is 9.96. The fourth-order valence-electron chi connectivity index (χ4n) is 0.128. The van der Waals surface area contributed by atoms with Crippen molar-refractivity contribution in [2.75, 3.05) is 0 Å². The minimum Gasteiger partial charge on any atom is -0.432 e. The highest BCUT2D eigenvalue weighted by Gasteiger charge is 1.87. The maximum atomic E-state index is 9.96. The van der Waals surface area contributed by atoms with Crippen LogP contribution in [0.25, 0.3) is 0 Å². The van der Waals surface area contributed by atoms with Crippen LogP contribution < -0.4 is 0 Å². The molecule has 0 spiro atoms. The molecule has 8 heavy (non-hydrogen) atoms. The highest BCUT2D eigenvalue weighted by Crippen LogP contribution is 2.05. The number of hydrogen-bond donors (Lipinski definition) is 0. The van der Waals surface area contributed by atoms with Gasteiger partial charge in [-0.05, 0) is 0 Å². The Labute approximate surface area is 57.0 Å². The maximum Gasteiger partial charge on any atom is 0.307 e. The van der Waals surface area contributed by atoms with Crippen molar-refractivity contribution in [1.82, 2.24) is 0 Å². The summed E-state index contributed by atoms with van der Waals surface area (Å²) in [5.41, 5.74) is 0. The van der Waals surface area contributed by atoms with E-state index in [9.17, 15) is 4.79 Å². The van der Waals surface area contributed by atoms with Gasteiger partial charge in [0.1, 0.15) is 10.8 Å². The van der Waals surface area contributed by atoms with Crippen LogP contribution in [0.4, 0.5) is 0 Å². The molecule has 0 aromatic rings. The van der Waals surface area contributed by atoms with Crippen LogP contribution in [0, 0.1) is 0 Å². The molecule has 0 unspecified atom stereocenters. The van der Waals surface area contributed by atoms with Crippen LogP contribution >= 0.6 is 23.2 Å². The van der Waals surface area contributed by atoms with Gasteiger partial charge in [-0.15, -0.1) is 0 Å². The minimum absolute atomic E-state index is 0.0693. The largest absolute Gasteiger partial charge is 0.432 e. The van der Waals surface area contributed by atoms with E-state index >= 15 is 0 Å². The second kappa shape index (κ2) is 3.75. The maximum absolute atomic E-state index is 9.96. The number of carbonyl (C=O) groups excluding carboxylic acids is 1. The molecule has 0 rings (SSSR count). The van der Waals surface area contributed by atoms with E-state index < -0.39 is 5.97 Å². The molecular weight excluding hydrogens is 151 g/mol. The summed E-state index contributed by atoms with van der Waals surface area (Å²) in [5, 5.41) is 0. The zero-order chi connectivity index (χ0) is 6.57. The molecule has 0 amide bonds. The van der Waals surface area contributed by atoms with Crippen LogP contribution in [-0.2, 0) is 9.53 Å². The van der Waals surface area contributed by atoms with Crippen molar-refractivity contribution in [2.24, 2.45) is 0 Å². The van der Waals surface area contributed by atoms with Gasteiger partial charge in [0.2, 0.25) is 0 Å². The Morgan fingerprint density at radius 3 is 2.25 bits per heavy atom. The monoisotopic (exact) mass is 154 g/mol. The van der Waals surface area contributed by atoms with E-state index in [1.807, 2.05) is 0 Å². The number of ether oxygens (including phenoxy) is 1. The lowest BCUT2D eigenvalue weighted by Gasteiger charge is -1.87. The Morgan fingerprint density at radius 2 is 2.12 bits per heavy atom. The Morgan fingerprint density at radius 1 is 1.62 bits per heavy atom. The van der Waals surface area contributed by atoms with Crippen LogP contribution in [0.5, 0.6) is 0 Å². The quantitative estimate of drug-likeness (QED) is 0.426. The SMILES string of the molecule is CC(=O)OC=C(Cl)Cl. The molecule has 0 bridgehead atoms. The Balaban J connectivity index is 3.45. The molecule has 0 atom stereocenters. The highest BCUT2D eigenvalue weighted by molar-refractivity contribution is 6.55. The third-order valence-corrected chi connectivity index (χ3v) is 0.492. The van der Waals surface area contributed by atoms with Gasteiger partial charge in [0, 0.05) is 6.92 Å². The fourth-order valence-corrected chi connectivity index (χ4v) is 0.217. The van der Waals surface area contributed by atoms with Crippen molar-refractivity contribution in [1.29, 1.82) is 0 Å². The number of halogens is 2. The van der Waals surface area contributed by atoms with Gasteiger partial charge in [-0.3, -0.25) is 4.79 Å². The molecule has 0 fully saturated rings. The summed E-state index contributed by atoms with van der Waals surface area (Å²) in [6.45, 7) is 1.26. The molecule has 0 saturated carbocycles. The normalized spacial score (nSPS) is 7.88. The summed E-state index contributed by atoms with van der Waals surface area (Å²) in [7, 11) is 0. The van der Waals surface area contributed by atoms with Gasteiger partial charge in [0.05, 0.1) is 0 Å². The van der Waals surface area contributed by atoms with Crippen molar-refractivity contribution < 1.29 is 9.53 Å². The number of esters is 1. The Bertz CT molecular complexity index is 115. The molecule has 0 N–H and O–H groups in total. The van der Waals surface area contributed by atoms with Crippen LogP contribution in [0.15, 0.2) is 10.8 Å². The first-order valence-electron chi connectivity index (χ1n) is 1.81. The molecule has 0 aromatic carbocycles. The Hall–Kier alpha value is -0.210. The Kier molecular flexibility index (Phi) is 3.65. The smallest absolute Gasteiger partial charge is 0.307 e. The van der Waals surface area contributed by atoms with E-state index in [2.05, 4.69) is 4.74 Å². The number of hydrogen-bond acceptors (Lipinski definition) is 2. The minimum atomic E-state index is -0.441. The van der Waals surface area contributed by atoms with Crippen LogP contribution in [-0.4, -0.2) is 5.97 Å². The molecule has 0 radical (unpaired) electrons. The lowest BCUT2D eigenvalue weighted by Crippen LogP contribution is -1.88. The fraction of sp³-hybridized carbons (Fsp3) is 0.250. The third kappa shape index (κ3) is 5.79. The van der Waals surface area contributed by atoms with Gasteiger partial charge in [-0.1, -0.05) is 23.2 Å². The average molecular weight is 155 g/mol. The van der Waals surface area contributed by atoms with E-state index in [0.29, 0.717) is 0 Å². The molecule has 0 heterocycles. The predicted molar refractivity (Wildman–Crippen MR) is 31.6 cm³/mol. The molecule has 0 aliphatic heterocycles. The summed E-state index contributed by atoms with van der Waals surface area (Å²) in [5.74, 6) is -0.441. The van der Waals surface area contributed by atoms with Crippen LogP contribution in [0.3, 0.4) is 0 Å². The molecule has 0 saturated heterocycles. The number of carbonyl (C=O) groups is 1. The van der Waals surface area contributed by atoms with E-state index in [-0.39, 0.29) is 4.49 Å². The first kappa shape index (κ1) is 7.79. The standard InChI is InChI=1S/C4H4Cl2O2/c1-3(7)8-2-4(5)6/h2H,1H3. The van der Waals surface area contributed by atoms with Gasteiger partial charge < -0.3 is 4.74 Å². The molecule has 4 heteroatoms. The summed E-state index contributed by atoms with van der Waals surface area (Å²) < 4.78 is 4.17. The van der Waals surface area contributed by atoms with Crippen molar-refractivity contribution in [3.05, 3.63) is 10.8 Å². The van der Waals surface area contributed by atoms with Gasteiger partial charge in [0.15, 0.2) is 0 Å². The first-order valence-corrected chi connectivity index (χ1v) is 2.57. The molecular formula is C4H4Cl2O2. The average Bonchev–Trinajstić information content (AvgIpc) is 1.61. The molecule has 0 aliphatic rings. The van der Waals surface area contributed by atoms with E-state index in [1.165, 1.54) is 6.92 Å². The zero-order valence-electron chi connectivity index (χ0n) is 4.15. The molecule has 2 nitrogen and oxygen atoms in total. The first-order chi connectivity index (χ1) is 3.63. The van der Waals surface area contributed by atoms with Crippen LogP contribution in [0.2, 0.25) is 0 Å². The van der Waals surface area contributed by atoms with Crippen molar-refractivity contribution in [3.63, 3.8) is 0 Å². The highest BCUT2D eigenvalue weighted by atomic mass is 35.5. The molecule has 0 aliphatic carbocycles. The van der Waals surface area contributed by atoms with Gasteiger partial charge in [-0.25, -0.2) is 0 Å². The predicted octanol–water partition coefficient (Wildman–Crippen LogP) is 1.83. The third-order valence-electron chi connectivity index (χ3n) is 0.314. The van der Waals surface area contributed by atoms with E-state index in [4.69, 9.17) is 23.2 Å². The second-order valence-corrected chi connectivity index (χ2v) is 2.02. The zero-order valence-corrected chi connectivity index (χ0v) is 5.66. The summed E-state index contributed by atoms with van der Waals surface area (Å²) in [6.07, 6.45) is 0.964. The van der Waals surface area contributed by atoms with Gasteiger partial charge in [-0.2, -0.15) is 0 Å². The van der Waals surface area contributed by atoms with E-state index in [0.717, 1.165) is 6.26 Å². The van der Waals surface area contributed by atoms with E-state index in [1.54, 1.807) is 0 Å². The van der Waals surface area contributed by atoms with Crippen molar-refractivity contribution in [2.45, 2.75) is 6.92 Å². The van der Waals surface area contributed by atoms with Gasteiger partial charge in [0.25, 0.3) is 0 Å². The lowest BCUT2D eigenvalue weighted by atomic mass is 10.8. The second-order valence-electron chi connectivity index (χ2n) is 1.02. The number of rotatable bonds is 1. The molecule has 0 aromatic heterocycles. The summed E-state index contributed by atoms with van der Waals surface area (Å²) >= 11 is 10.1. The molecule has 46 valence electrons. The lowest BCUT2D eigenvalue weighted by molar-refractivity contribution is -0.135.